The summed E-state index contributed by atoms with van der Waals surface area (Å²) in [5.74, 6) is -1.27. The third-order valence-corrected chi connectivity index (χ3v) is 4.44. The van der Waals surface area contributed by atoms with Crippen molar-refractivity contribution in [2.24, 2.45) is 0 Å². The fraction of sp³-hybridized carbons (Fsp3) is 0.250. The van der Waals surface area contributed by atoms with Crippen molar-refractivity contribution in [2.75, 3.05) is 4.90 Å². The molecule has 1 unspecified atom stereocenters. The zero-order valence-electron chi connectivity index (χ0n) is 14.5. The minimum atomic E-state index is -0.671. The highest BCUT2D eigenvalue weighted by atomic mass is 16.3. The van der Waals surface area contributed by atoms with Crippen LogP contribution in [-0.2, 0) is 9.59 Å². The number of nitrogens with zero attached hydrogens (tertiary/aromatic N) is 2. The van der Waals surface area contributed by atoms with E-state index in [0.717, 1.165) is 11.1 Å². The fourth-order valence-electron chi connectivity index (χ4n) is 3.26. The Hall–Kier alpha value is -2.95. The first-order valence-electron chi connectivity index (χ1n) is 8.22. The molecular formula is C20H20N2O3. The number of hydrogen-bond acceptors (Lipinski definition) is 4. The Kier molecular flexibility index (Phi) is 4.40. The SMILES string of the molecule is CCC(=O)C1=C(O)C(=O)N(c2ccc(C)cc2C)C1c1cccnc1. The third-order valence-electron chi connectivity index (χ3n) is 4.44. The predicted octanol–water partition coefficient (Wildman–Crippen LogP) is 3.58. The number of rotatable bonds is 4. The summed E-state index contributed by atoms with van der Waals surface area (Å²) in [6.07, 6.45) is 3.47. The second-order valence-electron chi connectivity index (χ2n) is 6.19. The zero-order valence-corrected chi connectivity index (χ0v) is 14.5. The molecule has 0 spiro atoms. The second kappa shape index (κ2) is 6.51. The number of aliphatic hydroxyl groups is 1. The average molecular weight is 336 g/mol. The molecule has 1 amide bonds. The first-order valence-corrected chi connectivity index (χ1v) is 8.22. The summed E-state index contributed by atoms with van der Waals surface area (Å²) < 4.78 is 0. The molecule has 2 aromatic rings. The van der Waals surface area contributed by atoms with E-state index in [1.54, 1.807) is 25.4 Å². The molecule has 5 heteroatoms. The molecule has 0 radical (unpaired) electrons. The van der Waals surface area contributed by atoms with Gasteiger partial charge in [0.1, 0.15) is 0 Å². The maximum Gasteiger partial charge on any atom is 0.294 e. The molecule has 1 aliphatic rings. The Labute approximate surface area is 146 Å². The van der Waals surface area contributed by atoms with Gasteiger partial charge >= 0.3 is 0 Å². The van der Waals surface area contributed by atoms with E-state index in [9.17, 15) is 14.7 Å². The maximum absolute atomic E-state index is 12.8. The summed E-state index contributed by atoms with van der Waals surface area (Å²) in [7, 11) is 0. The summed E-state index contributed by atoms with van der Waals surface area (Å²) in [5.41, 5.74) is 3.49. The van der Waals surface area contributed by atoms with E-state index in [0.29, 0.717) is 11.3 Å². The van der Waals surface area contributed by atoms with Crippen LogP contribution in [0.15, 0.2) is 54.1 Å². The summed E-state index contributed by atoms with van der Waals surface area (Å²) in [6, 6.07) is 8.62. The van der Waals surface area contributed by atoms with Gasteiger partial charge in [-0.2, -0.15) is 0 Å². The monoisotopic (exact) mass is 336 g/mol. The number of aromatic nitrogens is 1. The number of pyridine rings is 1. The van der Waals surface area contributed by atoms with Crippen LogP contribution in [0.2, 0.25) is 0 Å². The van der Waals surface area contributed by atoms with Crippen LogP contribution in [0.4, 0.5) is 5.69 Å². The Bertz CT molecular complexity index is 872. The number of aliphatic hydroxyl groups excluding tert-OH is 1. The number of amides is 1. The van der Waals surface area contributed by atoms with Crippen LogP contribution in [0.25, 0.3) is 0 Å². The van der Waals surface area contributed by atoms with E-state index < -0.39 is 17.7 Å². The lowest BCUT2D eigenvalue weighted by Gasteiger charge is -2.28. The van der Waals surface area contributed by atoms with Crippen LogP contribution in [-0.4, -0.2) is 21.8 Å². The summed E-state index contributed by atoms with van der Waals surface area (Å²) in [6.45, 7) is 5.60. The van der Waals surface area contributed by atoms with Crippen molar-refractivity contribution in [1.29, 1.82) is 0 Å². The number of carbonyl (C=O) groups excluding carboxylic acids is 2. The predicted molar refractivity (Wildman–Crippen MR) is 95.3 cm³/mol. The molecule has 1 N–H and O–H groups in total. The van der Waals surface area contributed by atoms with Crippen molar-refractivity contribution in [3.8, 4) is 0 Å². The average Bonchev–Trinajstić information content (AvgIpc) is 2.87. The van der Waals surface area contributed by atoms with Crippen LogP contribution >= 0.6 is 0 Å². The van der Waals surface area contributed by atoms with E-state index in [1.165, 1.54) is 4.90 Å². The Morgan fingerprint density at radius 3 is 2.64 bits per heavy atom. The van der Waals surface area contributed by atoms with Crippen molar-refractivity contribution >= 4 is 17.4 Å². The first kappa shape index (κ1) is 16.9. The van der Waals surface area contributed by atoms with Gasteiger partial charge in [0.15, 0.2) is 11.5 Å². The van der Waals surface area contributed by atoms with Gasteiger partial charge in [0.05, 0.1) is 11.6 Å². The van der Waals surface area contributed by atoms with E-state index in [-0.39, 0.29) is 17.8 Å². The van der Waals surface area contributed by atoms with Crippen molar-refractivity contribution in [3.63, 3.8) is 0 Å². The van der Waals surface area contributed by atoms with Gasteiger partial charge in [0, 0.05) is 24.5 Å². The lowest BCUT2D eigenvalue weighted by molar-refractivity contribution is -0.118. The summed E-state index contributed by atoms with van der Waals surface area (Å²) in [5, 5.41) is 10.4. The molecular weight excluding hydrogens is 316 g/mol. The van der Waals surface area contributed by atoms with Crippen molar-refractivity contribution in [3.05, 3.63) is 70.7 Å². The Balaban J connectivity index is 2.20. The lowest BCUT2D eigenvalue weighted by Crippen LogP contribution is -2.31. The molecule has 5 nitrogen and oxygen atoms in total. The van der Waals surface area contributed by atoms with Crippen molar-refractivity contribution in [2.45, 2.75) is 33.2 Å². The molecule has 1 aromatic carbocycles. The molecule has 0 saturated carbocycles. The summed E-state index contributed by atoms with van der Waals surface area (Å²) >= 11 is 0. The molecule has 25 heavy (non-hydrogen) atoms. The maximum atomic E-state index is 12.8. The normalized spacial score (nSPS) is 17.3. The van der Waals surface area contributed by atoms with Crippen molar-refractivity contribution in [1.82, 2.24) is 4.98 Å². The topological polar surface area (TPSA) is 70.5 Å². The Morgan fingerprint density at radius 2 is 2.04 bits per heavy atom. The first-order chi connectivity index (χ1) is 12.0. The van der Waals surface area contributed by atoms with Crippen LogP contribution in [0.3, 0.4) is 0 Å². The van der Waals surface area contributed by atoms with Crippen LogP contribution in [0.5, 0.6) is 0 Å². The molecule has 0 fully saturated rings. The Morgan fingerprint density at radius 1 is 1.28 bits per heavy atom. The van der Waals surface area contributed by atoms with Crippen LogP contribution in [0, 0.1) is 13.8 Å². The minimum absolute atomic E-state index is 0.139. The number of hydrogen-bond donors (Lipinski definition) is 1. The van der Waals surface area contributed by atoms with Gasteiger partial charge < -0.3 is 5.11 Å². The van der Waals surface area contributed by atoms with E-state index in [2.05, 4.69) is 4.98 Å². The highest BCUT2D eigenvalue weighted by molar-refractivity contribution is 6.16. The van der Waals surface area contributed by atoms with Crippen LogP contribution in [0.1, 0.15) is 36.1 Å². The van der Waals surface area contributed by atoms with Gasteiger partial charge in [0.2, 0.25) is 0 Å². The fourth-order valence-corrected chi connectivity index (χ4v) is 3.26. The zero-order chi connectivity index (χ0) is 18.1. The number of aryl methyl sites for hydroxylation is 2. The second-order valence-corrected chi connectivity index (χ2v) is 6.19. The standard InChI is InChI=1S/C20H20N2O3/c1-4-16(23)17-18(14-6-5-9-21-11-14)22(20(25)19(17)24)15-8-7-12(2)10-13(15)3/h5-11,18,24H,4H2,1-3H3. The van der Waals surface area contributed by atoms with Gasteiger partial charge in [-0.1, -0.05) is 30.7 Å². The van der Waals surface area contributed by atoms with Gasteiger partial charge in [-0.15, -0.1) is 0 Å². The molecule has 1 atom stereocenters. The van der Waals surface area contributed by atoms with Gasteiger partial charge in [-0.25, -0.2) is 0 Å². The third kappa shape index (κ3) is 2.82. The molecule has 1 aliphatic heterocycles. The van der Waals surface area contributed by atoms with Gasteiger partial charge in [0.25, 0.3) is 5.91 Å². The largest absolute Gasteiger partial charge is 0.503 e. The number of ketones is 1. The van der Waals surface area contributed by atoms with E-state index >= 15 is 0 Å². The number of anilines is 1. The molecule has 0 bridgehead atoms. The number of Topliss-reactive ketones (excluding diaryl/α,β-unsaturated/α-hetero) is 1. The molecule has 128 valence electrons. The van der Waals surface area contributed by atoms with Crippen LogP contribution < -0.4 is 4.90 Å². The minimum Gasteiger partial charge on any atom is -0.503 e. The summed E-state index contributed by atoms with van der Waals surface area (Å²) in [4.78, 5) is 30.9. The van der Waals surface area contributed by atoms with Gasteiger partial charge in [-0.3, -0.25) is 19.5 Å². The number of benzene rings is 1. The smallest absolute Gasteiger partial charge is 0.294 e. The quantitative estimate of drug-likeness (QED) is 0.926. The molecule has 0 saturated heterocycles. The highest BCUT2D eigenvalue weighted by Crippen LogP contribution is 2.42. The molecule has 1 aromatic heterocycles. The highest BCUT2D eigenvalue weighted by Gasteiger charge is 2.44. The van der Waals surface area contributed by atoms with E-state index in [1.807, 2.05) is 38.1 Å². The molecule has 0 aliphatic carbocycles. The molecule has 2 heterocycles. The van der Waals surface area contributed by atoms with Gasteiger partial charge in [-0.05, 0) is 37.1 Å². The lowest BCUT2D eigenvalue weighted by atomic mass is 9.95. The molecule has 3 rings (SSSR count). The van der Waals surface area contributed by atoms with E-state index in [4.69, 9.17) is 0 Å². The number of carbonyl (C=O) groups is 2. The van der Waals surface area contributed by atoms with Crippen molar-refractivity contribution < 1.29 is 14.7 Å².